The number of alkyl halides is 3. The molecule has 1 aliphatic carbocycles. The zero-order chi connectivity index (χ0) is 28.2. The summed E-state index contributed by atoms with van der Waals surface area (Å²) in [5.74, 6) is -1.45. The lowest BCUT2D eigenvalue weighted by atomic mass is 9.80. The third-order valence-corrected chi connectivity index (χ3v) is 8.30. The SMILES string of the molecule is C[C@@H]1[C@H](c2ccccc2)C[C@H](NC(=O)c2cnc3c(c2)CC2(C3)C(=O)Nc3ncccc32)C(=O)N1CC(F)(F)F. The first kappa shape index (κ1) is 26.0. The molecular weight excluding hydrogens is 523 g/mol. The standard InChI is InChI=1S/C29H26F3N5O3/c1-16-20(17-6-3-2-4-7-17)11-22(26(39)37(16)15-29(30,31)32)35-25(38)19-10-18-12-28(13-23(18)34-14-19)21-8-5-9-33-24(21)36-27(28)40/h2-10,14,16,20,22H,11-13,15H2,1H3,(H,35,38)(H,33,36,40)/t16-,20-,22+,28?/m1/s1. The quantitative estimate of drug-likeness (QED) is 0.518. The molecule has 3 aromatic rings. The van der Waals surface area contributed by atoms with Crippen molar-refractivity contribution < 1.29 is 27.6 Å². The normalized spacial score (nSPS) is 25.5. The molecule has 6 rings (SSSR count). The summed E-state index contributed by atoms with van der Waals surface area (Å²) in [5.41, 5.74) is 2.30. The van der Waals surface area contributed by atoms with Gasteiger partial charge in [-0.15, -0.1) is 0 Å². The van der Waals surface area contributed by atoms with Crippen LogP contribution in [0.15, 0.2) is 60.9 Å². The van der Waals surface area contributed by atoms with Gasteiger partial charge in [-0.05, 0) is 43.0 Å². The summed E-state index contributed by atoms with van der Waals surface area (Å²) in [4.78, 5) is 49.0. The maximum atomic E-state index is 13.4. The van der Waals surface area contributed by atoms with E-state index >= 15 is 0 Å². The van der Waals surface area contributed by atoms with Gasteiger partial charge in [0, 0.05) is 42.0 Å². The Hall–Kier alpha value is -4.28. The van der Waals surface area contributed by atoms with Crippen molar-refractivity contribution in [1.29, 1.82) is 0 Å². The molecule has 1 unspecified atom stereocenters. The van der Waals surface area contributed by atoms with Crippen LogP contribution in [0.3, 0.4) is 0 Å². The largest absolute Gasteiger partial charge is 0.406 e. The fourth-order valence-electron chi connectivity index (χ4n) is 6.30. The van der Waals surface area contributed by atoms with Crippen molar-refractivity contribution in [2.75, 3.05) is 11.9 Å². The molecule has 3 aliphatic rings. The number of carbonyl (C=O) groups is 3. The molecule has 4 atom stereocenters. The smallest absolute Gasteiger partial charge is 0.340 e. The third-order valence-electron chi connectivity index (χ3n) is 8.30. The molecule has 11 heteroatoms. The number of likely N-dealkylation sites (tertiary alicyclic amines) is 1. The second kappa shape index (κ2) is 9.42. The van der Waals surface area contributed by atoms with Gasteiger partial charge in [0.2, 0.25) is 11.8 Å². The number of carbonyl (C=O) groups excluding carboxylic acids is 3. The van der Waals surface area contributed by atoms with Gasteiger partial charge in [-0.1, -0.05) is 36.4 Å². The van der Waals surface area contributed by atoms with E-state index in [1.54, 1.807) is 37.4 Å². The molecule has 0 bridgehead atoms. The molecule has 206 valence electrons. The minimum absolute atomic E-state index is 0.162. The van der Waals surface area contributed by atoms with Crippen molar-refractivity contribution in [2.24, 2.45) is 0 Å². The van der Waals surface area contributed by atoms with E-state index in [2.05, 4.69) is 20.6 Å². The van der Waals surface area contributed by atoms with Gasteiger partial charge < -0.3 is 15.5 Å². The van der Waals surface area contributed by atoms with Crippen LogP contribution in [0.2, 0.25) is 0 Å². The zero-order valence-corrected chi connectivity index (χ0v) is 21.5. The Bertz CT molecular complexity index is 1510. The highest BCUT2D eigenvalue weighted by Crippen LogP contribution is 2.46. The summed E-state index contributed by atoms with van der Waals surface area (Å²) in [6.07, 6.45) is -0.753. The van der Waals surface area contributed by atoms with Gasteiger partial charge in [0.1, 0.15) is 18.4 Å². The molecule has 2 aromatic heterocycles. The number of fused-ring (bicyclic) bond motifs is 3. The second-order valence-electron chi connectivity index (χ2n) is 10.7. The number of halogens is 3. The second-order valence-corrected chi connectivity index (χ2v) is 10.7. The van der Waals surface area contributed by atoms with Crippen LogP contribution >= 0.6 is 0 Å². The average molecular weight is 550 g/mol. The number of nitrogens with zero attached hydrogens (tertiary/aromatic N) is 3. The van der Waals surface area contributed by atoms with Gasteiger partial charge in [-0.2, -0.15) is 13.2 Å². The molecule has 40 heavy (non-hydrogen) atoms. The fourth-order valence-corrected chi connectivity index (χ4v) is 6.30. The van der Waals surface area contributed by atoms with E-state index in [0.29, 0.717) is 24.4 Å². The van der Waals surface area contributed by atoms with Gasteiger partial charge in [-0.25, -0.2) is 4.98 Å². The predicted octanol–water partition coefficient (Wildman–Crippen LogP) is 3.53. The van der Waals surface area contributed by atoms with Crippen LogP contribution in [0.4, 0.5) is 19.0 Å². The average Bonchev–Trinajstić information content (AvgIpc) is 3.44. The highest BCUT2D eigenvalue weighted by atomic mass is 19.4. The number of aromatic nitrogens is 2. The summed E-state index contributed by atoms with van der Waals surface area (Å²) < 4.78 is 40.3. The molecule has 1 saturated heterocycles. The molecule has 0 saturated carbocycles. The van der Waals surface area contributed by atoms with E-state index in [0.717, 1.165) is 21.6 Å². The number of piperidine rings is 1. The summed E-state index contributed by atoms with van der Waals surface area (Å²) >= 11 is 0. The predicted molar refractivity (Wildman–Crippen MR) is 138 cm³/mol. The summed E-state index contributed by atoms with van der Waals surface area (Å²) in [6, 6.07) is 12.4. The highest BCUT2D eigenvalue weighted by Gasteiger charge is 2.52. The lowest BCUT2D eigenvalue weighted by Gasteiger charge is -2.43. The first-order valence-corrected chi connectivity index (χ1v) is 13.0. The number of rotatable bonds is 4. The molecule has 1 fully saturated rings. The molecule has 4 heterocycles. The Labute approximate surface area is 228 Å². The van der Waals surface area contributed by atoms with Crippen LogP contribution in [0, 0.1) is 0 Å². The molecule has 0 radical (unpaired) electrons. The number of amides is 3. The lowest BCUT2D eigenvalue weighted by Crippen LogP contribution is -2.59. The Morgan fingerprint density at radius 1 is 1.12 bits per heavy atom. The van der Waals surface area contributed by atoms with Crippen LogP contribution in [0.5, 0.6) is 0 Å². The fraction of sp³-hybridized carbons (Fsp3) is 0.345. The maximum Gasteiger partial charge on any atom is 0.406 e. The molecule has 2 N–H and O–H groups in total. The van der Waals surface area contributed by atoms with Crippen molar-refractivity contribution in [3.63, 3.8) is 0 Å². The van der Waals surface area contributed by atoms with Gasteiger partial charge in [0.25, 0.3) is 5.91 Å². The molecule has 1 spiro atoms. The molecule has 3 amide bonds. The van der Waals surface area contributed by atoms with Crippen molar-refractivity contribution in [1.82, 2.24) is 20.2 Å². The van der Waals surface area contributed by atoms with Gasteiger partial charge in [0.05, 0.1) is 11.0 Å². The van der Waals surface area contributed by atoms with E-state index in [9.17, 15) is 27.6 Å². The van der Waals surface area contributed by atoms with Crippen LogP contribution < -0.4 is 10.6 Å². The first-order valence-electron chi connectivity index (χ1n) is 13.0. The van der Waals surface area contributed by atoms with Gasteiger partial charge >= 0.3 is 6.18 Å². The number of pyridine rings is 2. The number of anilines is 1. The minimum Gasteiger partial charge on any atom is -0.340 e. The van der Waals surface area contributed by atoms with Crippen molar-refractivity contribution >= 4 is 23.5 Å². The molecule has 1 aromatic carbocycles. The summed E-state index contributed by atoms with van der Waals surface area (Å²) in [6.45, 7) is 0.204. The third kappa shape index (κ3) is 4.39. The Balaban J connectivity index is 1.25. The van der Waals surface area contributed by atoms with E-state index < -0.39 is 48.0 Å². The lowest BCUT2D eigenvalue weighted by molar-refractivity contribution is -0.170. The van der Waals surface area contributed by atoms with Gasteiger partial charge in [-0.3, -0.25) is 19.4 Å². The van der Waals surface area contributed by atoms with Crippen molar-refractivity contribution in [3.8, 4) is 0 Å². The topological polar surface area (TPSA) is 104 Å². The monoisotopic (exact) mass is 549 g/mol. The Morgan fingerprint density at radius 2 is 1.90 bits per heavy atom. The van der Waals surface area contributed by atoms with E-state index in [-0.39, 0.29) is 17.9 Å². The molecule has 8 nitrogen and oxygen atoms in total. The van der Waals surface area contributed by atoms with E-state index in [1.807, 2.05) is 24.3 Å². The van der Waals surface area contributed by atoms with Crippen LogP contribution in [0.25, 0.3) is 0 Å². The maximum absolute atomic E-state index is 13.4. The van der Waals surface area contributed by atoms with Crippen LogP contribution in [-0.4, -0.2) is 57.4 Å². The summed E-state index contributed by atoms with van der Waals surface area (Å²) in [5, 5.41) is 5.49. The highest BCUT2D eigenvalue weighted by molar-refractivity contribution is 6.06. The molecular formula is C29H26F3N5O3. The number of hydrogen-bond acceptors (Lipinski definition) is 5. The Kier molecular flexibility index (Phi) is 6.12. The van der Waals surface area contributed by atoms with Crippen molar-refractivity contribution in [2.45, 2.75) is 55.8 Å². The van der Waals surface area contributed by atoms with Gasteiger partial charge in [0.15, 0.2) is 0 Å². The van der Waals surface area contributed by atoms with E-state index in [1.165, 1.54) is 6.20 Å². The number of benzene rings is 1. The summed E-state index contributed by atoms with van der Waals surface area (Å²) in [7, 11) is 0. The van der Waals surface area contributed by atoms with E-state index in [4.69, 9.17) is 0 Å². The molecule has 2 aliphatic heterocycles. The van der Waals surface area contributed by atoms with Crippen LogP contribution in [-0.2, 0) is 27.8 Å². The number of hydrogen-bond donors (Lipinski definition) is 2. The van der Waals surface area contributed by atoms with Crippen LogP contribution in [0.1, 0.15) is 52.0 Å². The Morgan fingerprint density at radius 3 is 2.65 bits per heavy atom. The van der Waals surface area contributed by atoms with Crippen molar-refractivity contribution in [3.05, 3.63) is 88.9 Å². The minimum atomic E-state index is -4.59. The zero-order valence-electron chi connectivity index (χ0n) is 21.5. The first-order chi connectivity index (χ1) is 19.1. The number of nitrogens with one attached hydrogen (secondary N) is 2.